The zero-order valence-electron chi connectivity index (χ0n) is 13.7. The molecule has 0 saturated heterocycles. The smallest absolute Gasteiger partial charge is 0.191 e. The average molecular weight is 330 g/mol. The summed E-state index contributed by atoms with van der Waals surface area (Å²) in [6.45, 7) is 4.90. The molecule has 6 heteroatoms. The van der Waals surface area contributed by atoms with E-state index in [1.165, 1.54) is 5.56 Å². The van der Waals surface area contributed by atoms with Crippen molar-refractivity contribution in [1.29, 1.82) is 0 Å². The first-order chi connectivity index (χ1) is 11.1. The molecule has 1 aromatic heterocycles. The van der Waals surface area contributed by atoms with Crippen LogP contribution in [0, 0.1) is 0 Å². The van der Waals surface area contributed by atoms with Crippen molar-refractivity contribution in [3.8, 4) is 5.75 Å². The maximum Gasteiger partial charge on any atom is 0.191 e. The molecular formula is C17H22N4OS. The first-order valence-corrected chi connectivity index (χ1v) is 8.59. The Bertz CT molecular complexity index is 682. The number of thiazole rings is 1. The Labute approximate surface area is 140 Å². The largest absolute Gasteiger partial charge is 0.487 e. The number of aromatic nitrogens is 1. The topological polar surface area (TPSA) is 58.5 Å². The normalized spacial score (nSPS) is 19.6. The van der Waals surface area contributed by atoms with Gasteiger partial charge in [-0.15, -0.1) is 11.3 Å². The zero-order valence-corrected chi connectivity index (χ0v) is 14.5. The van der Waals surface area contributed by atoms with Gasteiger partial charge in [-0.1, -0.05) is 18.2 Å². The van der Waals surface area contributed by atoms with Crippen LogP contribution in [0.2, 0.25) is 0 Å². The molecule has 122 valence electrons. The van der Waals surface area contributed by atoms with Crippen LogP contribution in [-0.2, 0) is 6.54 Å². The van der Waals surface area contributed by atoms with Crippen molar-refractivity contribution in [2.75, 3.05) is 7.05 Å². The molecule has 23 heavy (non-hydrogen) atoms. The number of ether oxygens (including phenoxy) is 1. The minimum absolute atomic E-state index is 0.164. The van der Waals surface area contributed by atoms with Crippen LogP contribution in [0.1, 0.15) is 36.9 Å². The van der Waals surface area contributed by atoms with E-state index in [0.717, 1.165) is 23.1 Å². The Balaban J connectivity index is 1.72. The summed E-state index contributed by atoms with van der Waals surface area (Å²) < 4.78 is 6.07. The predicted molar refractivity (Wildman–Crippen MR) is 94.0 cm³/mol. The Kier molecular flexibility index (Phi) is 4.52. The third kappa shape index (κ3) is 3.82. The second-order valence-electron chi connectivity index (χ2n) is 6.15. The molecule has 0 radical (unpaired) electrons. The number of hydrogen-bond donors (Lipinski definition) is 2. The molecule has 5 nitrogen and oxygen atoms in total. The summed E-state index contributed by atoms with van der Waals surface area (Å²) in [4.78, 5) is 8.61. The molecule has 1 aliphatic rings. The number of para-hydroxylation sites is 1. The molecular weight excluding hydrogens is 308 g/mol. The molecule has 1 atom stereocenters. The highest BCUT2D eigenvalue weighted by Crippen LogP contribution is 2.39. The van der Waals surface area contributed by atoms with Crippen LogP contribution < -0.4 is 15.4 Å². The summed E-state index contributed by atoms with van der Waals surface area (Å²) in [5.74, 6) is 1.72. The van der Waals surface area contributed by atoms with Gasteiger partial charge < -0.3 is 15.4 Å². The lowest BCUT2D eigenvalue weighted by Crippen LogP contribution is -2.45. The summed E-state index contributed by atoms with van der Waals surface area (Å²) >= 11 is 1.63. The summed E-state index contributed by atoms with van der Waals surface area (Å²) in [6, 6.07) is 8.35. The van der Waals surface area contributed by atoms with E-state index in [2.05, 4.69) is 40.5 Å². The molecule has 0 bridgehead atoms. The first kappa shape index (κ1) is 15.8. The van der Waals surface area contributed by atoms with E-state index >= 15 is 0 Å². The van der Waals surface area contributed by atoms with Gasteiger partial charge in [0.1, 0.15) is 16.4 Å². The number of hydrogen-bond acceptors (Lipinski definition) is 4. The van der Waals surface area contributed by atoms with Crippen LogP contribution in [0.5, 0.6) is 5.75 Å². The van der Waals surface area contributed by atoms with E-state index in [4.69, 9.17) is 4.74 Å². The Hall–Kier alpha value is -2.08. The lowest BCUT2D eigenvalue weighted by atomic mass is 9.90. The van der Waals surface area contributed by atoms with Crippen molar-refractivity contribution >= 4 is 17.3 Å². The van der Waals surface area contributed by atoms with Crippen LogP contribution >= 0.6 is 11.3 Å². The molecule has 0 aliphatic carbocycles. The van der Waals surface area contributed by atoms with Gasteiger partial charge in [-0.2, -0.15) is 0 Å². The highest BCUT2D eigenvalue weighted by molar-refractivity contribution is 7.09. The first-order valence-electron chi connectivity index (χ1n) is 7.71. The quantitative estimate of drug-likeness (QED) is 0.671. The molecule has 0 amide bonds. The second kappa shape index (κ2) is 6.58. The number of fused-ring (bicyclic) bond motifs is 1. The lowest BCUT2D eigenvalue weighted by Gasteiger charge is -2.38. The molecule has 1 aliphatic heterocycles. The second-order valence-corrected chi connectivity index (χ2v) is 7.13. The van der Waals surface area contributed by atoms with Gasteiger partial charge in [-0.05, 0) is 19.9 Å². The van der Waals surface area contributed by atoms with Crippen LogP contribution in [0.4, 0.5) is 0 Å². The number of rotatable bonds is 3. The summed E-state index contributed by atoms with van der Waals surface area (Å²) in [6.07, 6.45) is 2.69. The van der Waals surface area contributed by atoms with Crippen molar-refractivity contribution in [1.82, 2.24) is 15.6 Å². The maximum atomic E-state index is 6.07. The maximum absolute atomic E-state index is 6.07. The van der Waals surface area contributed by atoms with Gasteiger partial charge in [0, 0.05) is 30.6 Å². The minimum Gasteiger partial charge on any atom is -0.487 e. The lowest BCUT2D eigenvalue weighted by molar-refractivity contribution is 0.0694. The van der Waals surface area contributed by atoms with Gasteiger partial charge in [-0.25, -0.2) is 4.98 Å². The molecule has 0 saturated carbocycles. The minimum atomic E-state index is -0.208. The molecule has 2 aromatic rings. The molecule has 2 N–H and O–H groups in total. The van der Waals surface area contributed by atoms with E-state index in [1.807, 2.05) is 29.8 Å². The monoisotopic (exact) mass is 330 g/mol. The van der Waals surface area contributed by atoms with Crippen molar-refractivity contribution in [2.45, 2.75) is 38.5 Å². The SMILES string of the molecule is CN=C(NCc1nccs1)NC1CC(C)(C)Oc2ccccc21. The van der Waals surface area contributed by atoms with Gasteiger partial charge in [0.05, 0.1) is 12.6 Å². The zero-order chi connectivity index (χ0) is 16.3. The van der Waals surface area contributed by atoms with Gasteiger partial charge in [0.2, 0.25) is 0 Å². The predicted octanol–water partition coefficient (Wildman–Crippen LogP) is 3.11. The van der Waals surface area contributed by atoms with E-state index in [9.17, 15) is 0 Å². The highest BCUT2D eigenvalue weighted by atomic mass is 32.1. The number of benzene rings is 1. The van der Waals surface area contributed by atoms with E-state index in [-0.39, 0.29) is 11.6 Å². The Morgan fingerprint density at radius 2 is 2.26 bits per heavy atom. The molecule has 1 aromatic carbocycles. The van der Waals surface area contributed by atoms with Gasteiger partial charge >= 0.3 is 0 Å². The molecule has 1 unspecified atom stereocenters. The molecule has 3 rings (SSSR count). The average Bonchev–Trinajstić information content (AvgIpc) is 3.03. The summed E-state index contributed by atoms with van der Waals surface area (Å²) in [7, 11) is 1.79. The fourth-order valence-corrected chi connectivity index (χ4v) is 3.35. The number of aliphatic imine (C=N–C) groups is 1. The van der Waals surface area contributed by atoms with E-state index < -0.39 is 0 Å². The summed E-state index contributed by atoms with van der Waals surface area (Å²) in [5, 5.41) is 9.86. The van der Waals surface area contributed by atoms with Crippen molar-refractivity contribution < 1.29 is 4.74 Å². The fourth-order valence-electron chi connectivity index (χ4n) is 2.79. The standard InChI is InChI=1S/C17H22N4OS/c1-17(2)10-13(12-6-4-5-7-14(12)22-17)21-16(18-3)20-11-15-19-8-9-23-15/h4-9,13H,10-11H2,1-3H3,(H2,18,20,21). The highest BCUT2D eigenvalue weighted by Gasteiger charge is 2.33. The van der Waals surface area contributed by atoms with Gasteiger partial charge in [-0.3, -0.25) is 4.99 Å². The fraction of sp³-hybridized carbons (Fsp3) is 0.412. The van der Waals surface area contributed by atoms with E-state index in [0.29, 0.717) is 6.54 Å². The molecule has 2 heterocycles. The van der Waals surface area contributed by atoms with Crippen molar-refractivity contribution in [3.05, 3.63) is 46.4 Å². The van der Waals surface area contributed by atoms with E-state index in [1.54, 1.807) is 18.4 Å². The van der Waals surface area contributed by atoms with Crippen molar-refractivity contribution in [2.24, 2.45) is 4.99 Å². The van der Waals surface area contributed by atoms with Gasteiger partial charge in [0.15, 0.2) is 5.96 Å². The third-order valence-electron chi connectivity index (χ3n) is 3.80. The molecule has 0 fully saturated rings. The van der Waals surface area contributed by atoms with Crippen LogP contribution in [0.15, 0.2) is 40.8 Å². The number of nitrogens with one attached hydrogen (secondary N) is 2. The van der Waals surface area contributed by atoms with Crippen LogP contribution in [0.3, 0.4) is 0 Å². The van der Waals surface area contributed by atoms with Crippen molar-refractivity contribution in [3.63, 3.8) is 0 Å². The third-order valence-corrected chi connectivity index (χ3v) is 4.58. The number of nitrogens with zero attached hydrogens (tertiary/aromatic N) is 2. The van der Waals surface area contributed by atoms with Crippen LogP contribution in [0.25, 0.3) is 0 Å². The Morgan fingerprint density at radius 3 is 3.00 bits per heavy atom. The van der Waals surface area contributed by atoms with Gasteiger partial charge in [0.25, 0.3) is 0 Å². The summed E-state index contributed by atoms with van der Waals surface area (Å²) in [5.41, 5.74) is 0.962. The Morgan fingerprint density at radius 1 is 1.43 bits per heavy atom. The number of guanidine groups is 1. The molecule has 0 spiro atoms. The van der Waals surface area contributed by atoms with Crippen LogP contribution in [-0.4, -0.2) is 23.6 Å².